The Morgan fingerprint density at radius 3 is 2.64 bits per heavy atom. The van der Waals surface area contributed by atoms with Crippen LogP contribution in [0.25, 0.3) is 0 Å². The molecule has 1 heterocycles. The van der Waals surface area contributed by atoms with Crippen LogP contribution in [0.1, 0.15) is 27.7 Å². The Kier molecular flexibility index (Phi) is 2.55. The minimum atomic E-state index is 0.0129. The van der Waals surface area contributed by atoms with Gasteiger partial charge in [0.05, 0.1) is 12.2 Å². The molecule has 0 saturated carbocycles. The van der Waals surface area contributed by atoms with E-state index >= 15 is 0 Å². The molecule has 2 nitrogen and oxygen atoms in total. The molecule has 11 heavy (non-hydrogen) atoms. The Morgan fingerprint density at radius 1 is 1.36 bits per heavy atom. The molecule has 1 aliphatic heterocycles. The maximum absolute atomic E-state index is 5.71. The molecular weight excluding hydrogens is 138 g/mol. The van der Waals surface area contributed by atoms with Crippen LogP contribution in [0.15, 0.2) is 0 Å². The molecule has 0 bridgehead atoms. The zero-order chi connectivity index (χ0) is 8.48. The number of rotatable bonds is 0. The van der Waals surface area contributed by atoms with Gasteiger partial charge < -0.3 is 10.1 Å². The summed E-state index contributed by atoms with van der Waals surface area (Å²) >= 11 is 0. The predicted octanol–water partition coefficient (Wildman–Crippen LogP) is 1.41. The molecule has 0 amide bonds. The first kappa shape index (κ1) is 9.01. The SMILES string of the molecule is CC1COC(C)(C)CNC1C. The van der Waals surface area contributed by atoms with Crippen molar-refractivity contribution in [2.75, 3.05) is 13.2 Å². The highest BCUT2D eigenvalue weighted by molar-refractivity contribution is 4.80. The van der Waals surface area contributed by atoms with Gasteiger partial charge in [-0.15, -0.1) is 0 Å². The van der Waals surface area contributed by atoms with Crippen molar-refractivity contribution >= 4 is 0 Å². The minimum Gasteiger partial charge on any atom is -0.374 e. The first-order chi connectivity index (χ1) is 5.01. The van der Waals surface area contributed by atoms with Crippen molar-refractivity contribution in [1.29, 1.82) is 0 Å². The van der Waals surface area contributed by atoms with E-state index < -0.39 is 0 Å². The van der Waals surface area contributed by atoms with Crippen LogP contribution in [0.4, 0.5) is 0 Å². The summed E-state index contributed by atoms with van der Waals surface area (Å²) in [4.78, 5) is 0. The minimum absolute atomic E-state index is 0.0129. The van der Waals surface area contributed by atoms with Crippen LogP contribution in [0.2, 0.25) is 0 Å². The Balaban J connectivity index is 2.51. The molecule has 2 heteroatoms. The fraction of sp³-hybridized carbons (Fsp3) is 1.00. The van der Waals surface area contributed by atoms with E-state index in [2.05, 4.69) is 33.0 Å². The average Bonchev–Trinajstić information content (AvgIpc) is 2.03. The van der Waals surface area contributed by atoms with E-state index in [1.165, 1.54) is 0 Å². The Bertz CT molecular complexity index is 120. The number of ether oxygens (including phenoxy) is 1. The maximum atomic E-state index is 5.71. The summed E-state index contributed by atoms with van der Waals surface area (Å²) < 4.78 is 5.71. The van der Waals surface area contributed by atoms with Crippen LogP contribution >= 0.6 is 0 Å². The molecule has 1 N–H and O–H groups in total. The lowest BCUT2D eigenvalue weighted by Gasteiger charge is -2.22. The Morgan fingerprint density at radius 2 is 2.00 bits per heavy atom. The third kappa shape index (κ3) is 2.46. The van der Waals surface area contributed by atoms with Crippen LogP contribution in [0.5, 0.6) is 0 Å². The molecule has 1 fully saturated rings. The molecule has 2 unspecified atom stereocenters. The van der Waals surface area contributed by atoms with Gasteiger partial charge >= 0.3 is 0 Å². The van der Waals surface area contributed by atoms with Gasteiger partial charge in [0.1, 0.15) is 0 Å². The molecule has 0 spiro atoms. The summed E-state index contributed by atoms with van der Waals surface area (Å²) in [5, 5.41) is 3.46. The van der Waals surface area contributed by atoms with Crippen molar-refractivity contribution in [2.45, 2.75) is 39.3 Å². The van der Waals surface area contributed by atoms with Gasteiger partial charge in [-0.1, -0.05) is 6.92 Å². The van der Waals surface area contributed by atoms with Gasteiger partial charge in [-0.2, -0.15) is 0 Å². The fourth-order valence-corrected chi connectivity index (χ4v) is 1.16. The van der Waals surface area contributed by atoms with Gasteiger partial charge in [-0.05, 0) is 26.7 Å². The van der Waals surface area contributed by atoms with Crippen LogP contribution in [0.3, 0.4) is 0 Å². The molecule has 0 aliphatic carbocycles. The zero-order valence-corrected chi connectivity index (χ0v) is 7.98. The molecule has 1 aliphatic rings. The van der Waals surface area contributed by atoms with Crippen LogP contribution < -0.4 is 5.32 Å². The van der Waals surface area contributed by atoms with Crippen LogP contribution in [-0.4, -0.2) is 24.8 Å². The highest BCUT2D eigenvalue weighted by atomic mass is 16.5. The number of nitrogens with one attached hydrogen (secondary N) is 1. The van der Waals surface area contributed by atoms with Crippen LogP contribution in [0, 0.1) is 5.92 Å². The largest absolute Gasteiger partial charge is 0.374 e. The molecule has 0 aromatic heterocycles. The average molecular weight is 157 g/mol. The topological polar surface area (TPSA) is 21.3 Å². The third-order valence-electron chi connectivity index (χ3n) is 2.44. The molecule has 66 valence electrons. The summed E-state index contributed by atoms with van der Waals surface area (Å²) in [6, 6.07) is 0.580. The molecule has 1 rings (SSSR count). The third-order valence-corrected chi connectivity index (χ3v) is 2.44. The predicted molar refractivity (Wildman–Crippen MR) is 46.7 cm³/mol. The summed E-state index contributed by atoms with van der Waals surface area (Å²) in [6.07, 6.45) is 0. The standard InChI is InChI=1S/C9H19NO/c1-7-5-11-9(3,4)6-10-8(7)2/h7-8,10H,5-6H2,1-4H3. The summed E-state index contributed by atoms with van der Waals surface area (Å²) in [5.74, 6) is 0.622. The highest BCUT2D eigenvalue weighted by Gasteiger charge is 2.26. The Labute approximate surface area is 69.3 Å². The first-order valence-corrected chi connectivity index (χ1v) is 4.38. The second-order valence-electron chi connectivity index (χ2n) is 4.22. The second kappa shape index (κ2) is 3.11. The van der Waals surface area contributed by atoms with Crippen molar-refractivity contribution in [1.82, 2.24) is 5.32 Å². The highest BCUT2D eigenvalue weighted by Crippen LogP contribution is 2.16. The van der Waals surface area contributed by atoms with E-state index in [1.54, 1.807) is 0 Å². The molecule has 1 saturated heterocycles. The maximum Gasteiger partial charge on any atom is 0.0750 e. The van der Waals surface area contributed by atoms with Crippen molar-refractivity contribution in [3.63, 3.8) is 0 Å². The van der Waals surface area contributed by atoms with Crippen LogP contribution in [-0.2, 0) is 4.74 Å². The molecule has 0 aromatic carbocycles. The van der Waals surface area contributed by atoms with Gasteiger partial charge in [-0.25, -0.2) is 0 Å². The molecule has 2 atom stereocenters. The second-order valence-corrected chi connectivity index (χ2v) is 4.22. The van der Waals surface area contributed by atoms with Gasteiger partial charge in [0.2, 0.25) is 0 Å². The van der Waals surface area contributed by atoms with Crippen molar-refractivity contribution in [3.05, 3.63) is 0 Å². The molecule has 0 radical (unpaired) electrons. The van der Waals surface area contributed by atoms with E-state index in [4.69, 9.17) is 4.74 Å². The summed E-state index contributed by atoms with van der Waals surface area (Å²) in [7, 11) is 0. The molecular formula is C9H19NO. The van der Waals surface area contributed by atoms with Gasteiger partial charge in [0.15, 0.2) is 0 Å². The van der Waals surface area contributed by atoms with Gasteiger partial charge in [0.25, 0.3) is 0 Å². The van der Waals surface area contributed by atoms with Crippen molar-refractivity contribution < 1.29 is 4.74 Å². The first-order valence-electron chi connectivity index (χ1n) is 4.38. The normalized spacial score (nSPS) is 38.2. The van der Waals surface area contributed by atoms with E-state index in [9.17, 15) is 0 Å². The monoisotopic (exact) mass is 157 g/mol. The summed E-state index contributed by atoms with van der Waals surface area (Å²) in [5.41, 5.74) is 0.0129. The quantitative estimate of drug-likeness (QED) is 0.574. The van der Waals surface area contributed by atoms with E-state index in [0.717, 1.165) is 13.2 Å². The summed E-state index contributed by atoms with van der Waals surface area (Å²) in [6.45, 7) is 10.5. The smallest absolute Gasteiger partial charge is 0.0750 e. The lowest BCUT2D eigenvalue weighted by Crippen LogP contribution is -2.38. The van der Waals surface area contributed by atoms with E-state index in [-0.39, 0.29) is 5.60 Å². The number of hydrogen-bond donors (Lipinski definition) is 1. The molecule has 0 aromatic rings. The van der Waals surface area contributed by atoms with Crippen molar-refractivity contribution in [3.8, 4) is 0 Å². The van der Waals surface area contributed by atoms with E-state index in [0.29, 0.717) is 12.0 Å². The number of hydrogen-bond acceptors (Lipinski definition) is 2. The van der Waals surface area contributed by atoms with E-state index in [1.807, 2.05) is 0 Å². The fourth-order valence-electron chi connectivity index (χ4n) is 1.16. The lowest BCUT2D eigenvalue weighted by molar-refractivity contribution is -0.0153. The zero-order valence-electron chi connectivity index (χ0n) is 7.98. The van der Waals surface area contributed by atoms with Gasteiger partial charge in [0, 0.05) is 12.6 Å². The van der Waals surface area contributed by atoms with Gasteiger partial charge in [-0.3, -0.25) is 0 Å². The lowest BCUT2D eigenvalue weighted by atomic mass is 10.1. The Hall–Kier alpha value is -0.0800. The van der Waals surface area contributed by atoms with Crippen molar-refractivity contribution in [2.24, 2.45) is 5.92 Å².